The van der Waals surface area contributed by atoms with Crippen molar-refractivity contribution in [1.82, 2.24) is 9.78 Å². The molecule has 3 aromatic rings. The SMILES string of the molecule is Nc1cn(-c2ccccc2)nc1-c1ccco1. The van der Waals surface area contributed by atoms with E-state index in [0.29, 0.717) is 17.1 Å². The zero-order valence-electron chi connectivity index (χ0n) is 9.08. The first-order valence-corrected chi connectivity index (χ1v) is 5.29. The van der Waals surface area contributed by atoms with Gasteiger partial charge in [0.05, 0.1) is 23.8 Å². The summed E-state index contributed by atoms with van der Waals surface area (Å²) in [5.74, 6) is 0.678. The Morgan fingerprint density at radius 1 is 1.06 bits per heavy atom. The molecule has 0 saturated heterocycles. The van der Waals surface area contributed by atoms with E-state index < -0.39 is 0 Å². The lowest BCUT2D eigenvalue weighted by molar-refractivity contribution is 0.579. The van der Waals surface area contributed by atoms with Crippen molar-refractivity contribution < 1.29 is 4.42 Å². The Balaban J connectivity index is 2.08. The molecule has 2 N–H and O–H groups in total. The van der Waals surface area contributed by atoms with Gasteiger partial charge in [0, 0.05) is 0 Å². The topological polar surface area (TPSA) is 57.0 Å². The van der Waals surface area contributed by atoms with Gasteiger partial charge >= 0.3 is 0 Å². The van der Waals surface area contributed by atoms with E-state index in [4.69, 9.17) is 10.2 Å². The van der Waals surface area contributed by atoms with Gasteiger partial charge in [-0.2, -0.15) is 5.10 Å². The Labute approximate surface area is 98.3 Å². The maximum Gasteiger partial charge on any atom is 0.156 e. The summed E-state index contributed by atoms with van der Waals surface area (Å²) in [4.78, 5) is 0. The summed E-state index contributed by atoms with van der Waals surface area (Å²) in [5.41, 5.74) is 8.16. The van der Waals surface area contributed by atoms with Crippen LogP contribution in [0.1, 0.15) is 0 Å². The van der Waals surface area contributed by atoms with Crippen LogP contribution in [0.5, 0.6) is 0 Å². The van der Waals surface area contributed by atoms with Gasteiger partial charge in [0.2, 0.25) is 0 Å². The fourth-order valence-corrected chi connectivity index (χ4v) is 1.71. The smallest absolute Gasteiger partial charge is 0.156 e. The molecule has 4 heteroatoms. The summed E-state index contributed by atoms with van der Waals surface area (Å²) in [6.45, 7) is 0. The number of furan rings is 1. The molecule has 17 heavy (non-hydrogen) atoms. The van der Waals surface area contributed by atoms with Gasteiger partial charge in [0.25, 0.3) is 0 Å². The lowest BCUT2D eigenvalue weighted by Crippen LogP contribution is -1.93. The molecule has 0 aliphatic heterocycles. The number of anilines is 1. The van der Waals surface area contributed by atoms with Crippen molar-refractivity contribution in [1.29, 1.82) is 0 Å². The highest BCUT2D eigenvalue weighted by Gasteiger charge is 2.11. The van der Waals surface area contributed by atoms with Gasteiger partial charge in [-0.15, -0.1) is 0 Å². The molecule has 0 atom stereocenters. The molecular formula is C13H11N3O. The quantitative estimate of drug-likeness (QED) is 0.729. The number of hydrogen-bond donors (Lipinski definition) is 1. The van der Waals surface area contributed by atoms with Crippen molar-refractivity contribution >= 4 is 5.69 Å². The molecule has 0 aliphatic carbocycles. The largest absolute Gasteiger partial charge is 0.463 e. The standard InChI is InChI=1S/C13H11N3O/c14-11-9-16(10-5-2-1-3-6-10)15-13(11)12-7-4-8-17-12/h1-9H,14H2. The Morgan fingerprint density at radius 3 is 2.59 bits per heavy atom. The van der Waals surface area contributed by atoms with Crippen LogP contribution in [-0.2, 0) is 0 Å². The van der Waals surface area contributed by atoms with E-state index >= 15 is 0 Å². The van der Waals surface area contributed by atoms with Gasteiger partial charge in [0.1, 0.15) is 0 Å². The minimum absolute atomic E-state index is 0.601. The van der Waals surface area contributed by atoms with Crippen molar-refractivity contribution in [2.24, 2.45) is 0 Å². The Morgan fingerprint density at radius 2 is 1.88 bits per heavy atom. The summed E-state index contributed by atoms with van der Waals surface area (Å²) in [6.07, 6.45) is 3.39. The molecule has 2 aromatic heterocycles. The van der Waals surface area contributed by atoms with E-state index in [1.54, 1.807) is 17.1 Å². The molecule has 84 valence electrons. The van der Waals surface area contributed by atoms with Crippen LogP contribution in [-0.4, -0.2) is 9.78 Å². The van der Waals surface area contributed by atoms with Gasteiger partial charge in [-0.25, -0.2) is 4.68 Å². The maximum atomic E-state index is 5.93. The zero-order valence-corrected chi connectivity index (χ0v) is 9.08. The van der Waals surface area contributed by atoms with Crippen molar-refractivity contribution in [2.75, 3.05) is 5.73 Å². The van der Waals surface area contributed by atoms with E-state index in [1.807, 2.05) is 42.5 Å². The first kappa shape index (κ1) is 9.72. The fraction of sp³-hybridized carbons (Fsp3) is 0. The highest BCUT2D eigenvalue weighted by atomic mass is 16.3. The van der Waals surface area contributed by atoms with Crippen LogP contribution < -0.4 is 5.73 Å². The molecule has 0 amide bonds. The first-order valence-electron chi connectivity index (χ1n) is 5.29. The Bertz CT molecular complexity index is 611. The molecule has 2 heterocycles. The summed E-state index contributed by atoms with van der Waals surface area (Å²) in [7, 11) is 0. The Hall–Kier alpha value is -2.49. The first-order chi connectivity index (χ1) is 8.34. The van der Waals surface area contributed by atoms with E-state index in [-0.39, 0.29) is 0 Å². The summed E-state index contributed by atoms with van der Waals surface area (Å²) >= 11 is 0. The monoisotopic (exact) mass is 225 g/mol. The van der Waals surface area contributed by atoms with E-state index in [0.717, 1.165) is 5.69 Å². The minimum atomic E-state index is 0.601. The van der Waals surface area contributed by atoms with Crippen molar-refractivity contribution in [3.63, 3.8) is 0 Å². The zero-order chi connectivity index (χ0) is 11.7. The van der Waals surface area contributed by atoms with Gasteiger partial charge in [-0.05, 0) is 24.3 Å². The number of hydrogen-bond acceptors (Lipinski definition) is 3. The predicted molar refractivity (Wildman–Crippen MR) is 65.7 cm³/mol. The van der Waals surface area contributed by atoms with Crippen LogP contribution in [0.2, 0.25) is 0 Å². The average molecular weight is 225 g/mol. The second-order valence-electron chi connectivity index (χ2n) is 3.69. The van der Waals surface area contributed by atoms with E-state index in [2.05, 4.69) is 5.10 Å². The van der Waals surface area contributed by atoms with Crippen LogP contribution in [0.3, 0.4) is 0 Å². The normalized spacial score (nSPS) is 10.6. The number of nitrogen functional groups attached to an aromatic ring is 1. The number of aromatic nitrogens is 2. The lowest BCUT2D eigenvalue weighted by atomic mass is 10.3. The average Bonchev–Trinajstić information content (AvgIpc) is 2.99. The van der Waals surface area contributed by atoms with E-state index in [9.17, 15) is 0 Å². The van der Waals surface area contributed by atoms with Crippen LogP contribution in [0.25, 0.3) is 17.1 Å². The van der Waals surface area contributed by atoms with Gasteiger partial charge in [-0.1, -0.05) is 18.2 Å². The number of benzene rings is 1. The number of rotatable bonds is 2. The van der Waals surface area contributed by atoms with Crippen molar-refractivity contribution in [3.05, 3.63) is 54.9 Å². The lowest BCUT2D eigenvalue weighted by Gasteiger charge is -1.98. The summed E-state index contributed by atoms with van der Waals surface area (Å²) < 4.78 is 7.04. The molecule has 1 aromatic carbocycles. The Kier molecular flexibility index (Phi) is 2.19. The van der Waals surface area contributed by atoms with E-state index in [1.165, 1.54) is 0 Å². The van der Waals surface area contributed by atoms with Crippen LogP contribution >= 0.6 is 0 Å². The predicted octanol–water partition coefficient (Wildman–Crippen LogP) is 2.71. The fourth-order valence-electron chi connectivity index (χ4n) is 1.71. The second-order valence-corrected chi connectivity index (χ2v) is 3.69. The summed E-state index contributed by atoms with van der Waals surface area (Å²) in [6, 6.07) is 13.5. The highest BCUT2D eigenvalue weighted by molar-refractivity contribution is 5.68. The van der Waals surface area contributed by atoms with Crippen LogP contribution in [0.15, 0.2) is 59.3 Å². The molecular weight excluding hydrogens is 214 g/mol. The molecule has 0 bridgehead atoms. The van der Waals surface area contributed by atoms with Crippen LogP contribution in [0, 0.1) is 0 Å². The van der Waals surface area contributed by atoms with Gasteiger partial charge in [0.15, 0.2) is 11.5 Å². The molecule has 3 rings (SSSR count). The molecule has 0 fully saturated rings. The molecule has 0 saturated carbocycles. The van der Waals surface area contributed by atoms with Crippen LogP contribution in [0.4, 0.5) is 5.69 Å². The highest BCUT2D eigenvalue weighted by Crippen LogP contribution is 2.25. The minimum Gasteiger partial charge on any atom is -0.463 e. The number of para-hydroxylation sites is 1. The number of nitrogens with zero attached hydrogens (tertiary/aromatic N) is 2. The summed E-state index contributed by atoms with van der Waals surface area (Å²) in [5, 5.41) is 4.42. The van der Waals surface area contributed by atoms with Gasteiger partial charge in [-0.3, -0.25) is 0 Å². The second kappa shape index (κ2) is 3.83. The maximum absolute atomic E-state index is 5.93. The van der Waals surface area contributed by atoms with Crippen molar-refractivity contribution in [2.45, 2.75) is 0 Å². The van der Waals surface area contributed by atoms with Gasteiger partial charge < -0.3 is 10.2 Å². The van der Waals surface area contributed by atoms with Crippen molar-refractivity contribution in [3.8, 4) is 17.1 Å². The molecule has 0 aliphatic rings. The molecule has 0 unspecified atom stereocenters. The third-order valence-electron chi connectivity index (χ3n) is 2.52. The number of nitrogens with two attached hydrogens (primary N) is 1. The third kappa shape index (κ3) is 1.69. The molecule has 0 spiro atoms. The molecule has 4 nitrogen and oxygen atoms in total. The molecule has 0 radical (unpaired) electrons. The third-order valence-corrected chi connectivity index (χ3v) is 2.52.